The van der Waals surface area contributed by atoms with Crippen molar-refractivity contribution in [2.45, 2.75) is 31.3 Å². The molecule has 2 N–H and O–H groups in total. The van der Waals surface area contributed by atoms with Gasteiger partial charge in [-0.25, -0.2) is 4.98 Å². The van der Waals surface area contributed by atoms with Gasteiger partial charge in [0.1, 0.15) is 6.04 Å². The van der Waals surface area contributed by atoms with Crippen molar-refractivity contribution in [2.24, 2.45) is 0 Å². The van der Waals surface area contributed by atoms with Gasteiger partial charge in [0.05, 0.1) is 29.7 Å². The Morgan fingerprint density at radius 3 is 2.68 bits per heavy atom. The molecule has 0 bridgehead atoms. The largest absolute Gasteiger partial charge is 0.342 e. The van der Waals surface area contributed by atoms with E-state index in [1.165, 1.54) is 17.1 Å². The summed E-state index contributed by atoms with van der Waals surface area (Å²) in [5.74, 6) is -0.415. The number of hydrogen-bond donors (Lipinski definition) is 2. The maximum absolute atomic E-state index is 12.5. The van der Waals surface area contributed by atoms with Gasteiger partial charge in [0.25, 0.3) is 11.5 Å². The van der Waals surface area contributed by atoms with Gasteiger partial charge < -0.3 is 10.7 Å². The lowest BCUT2D eigenvalue weighted by molar-refractivity contribution is -0.115. The van der Waals surface area contributed by atoms with Crippen molar-refractivity contribution in [3.05, 3.63) is 52.7 Å². The molecule has 7 heteroatoms. The fourth-order valence-corrected chi connectivity index (χ4v) is 2.81. The van der Waals surface area contributed by atoms with Gasteiger partial charge in [0.15, 0.2) is 0 Å². The van der Waals surface area contributed by atoms with Crippen molar-refractivity contribution in [2.75, 3.05) is 0 Å². The van der Waals surface area contributed by atoms with E-state index in [1.54, 1.807) is 6.92 Å². The molecule has 0 spiro atoms. The lowest BCUT2D eigenvalue weighted by Gasteiger charge is -2.17. The molecule has 1 heterocycles. The summed E-state index contributed by atoms with van der Waals surface area (Å²) < 4.78 is 1.30. The van der Waals surface area contributed by atoms with Crippen LogP contribution in [0.1, 0.15) is 31.4 Å². The lowest BCUT2D eigenvalue weighted by atomic mass is 10.0. The molecule has 1 saturated carbocycles. The van der Waals surface area contributed by atoms with Crippen molar-refractivity contribution in [1.82, 2.24) is 14.9 Å². The maximum Gasteiger partial charge on any atom is 0.262 e. The van der Waals surface area contributed by atoms with E-state index >= 15 is 0 Å². The first-order chi connectivity index (χ1) is 12.0. The van der Waals surface area contributed by atoms with E-state index in [2.05, 4.69) is 10.3 Å². The predicted molar refractivity (Wildman–Crippen MR) is 92.1 cm³/mol. The molecule has 1 amide bonds. The van der Waals surface area contributed by atoms with Crippen molar-refractivity contribution in [3.63, 3.8) is 0 Å². The SMILES string of the molecule is CC(C#N)n1cncc(-c2ccc(C3(NC(=O)C=N)CC3)cc2)c1=O. The van der Waals surface area contributed by atoms with E-state index in [1.807, 2.05) is 30.3 Å². The molecule has 0 radical (unpaired) electrons. The molecule has 7 nitrogen and oxygen atoms in total. The molecule has 25 heavy (non-hydrogen) atoms. The van der Waals surface area contributed by atoms with Crippen LogP contribution in [0, 0.1) is 16.7 Å². The van der Waals surface area contributed by atoms with E-state index in [-0.39, 0.29) is 5.56 Å². The Kier molecular flexibility index (Phi) is 4.19. The second-order valence-electron chi connectivity index (χ2n) is 6.12. The number of aromatic nitrogens is 2. The van der Waals surface area contributed by atoms with Crippen LogP contribution < -0.4 is 10.9 Å². The highest BCUT2D eigenvalue weighted by Crippen LogP contribution is 2.45. The van der Waals surface area contributed by atoms with Gasteiger partial charge in [-0.15, -0.1) is 0 Å². The molecule has 1 aliphatic carbocycles. The van der Waals surface area contributed by atoms with Gasteiger partial charge >= 0.3 is 0 Å². The van der Waals surface area contributed by atoms with Gasteiger partial charge in [0.2, 0.25) is 0 Å². The van der Waals surface area contributed by atoms with Crippen molar-refractivity contribution in [3.8, 4) is 17.2 Å². The highest BCUT2D eigenvalue weighted by atomic mass is 16.1. The van der Waals surface area contributed by atoms with E-state index in [4.69, 9.17) is 10.7 Å². The van der Waals surface area contributed by atoms with E-state index in [0.717, 1.165) is 24.6 Å². The van der Waals surface area contributed by atoms with Crippen molar-refractivity contribution in [1.29, 1.82) is 10.7 Å². The molecule has 1 fully saturated rings. The number of amides is 1. The summed E-state index contributed by atoms with van der Waals surface area (Å²) in [7, 11) is 0. The van der Waals surface area contributed by atoms with E-state index in [0.29, 0.717) is 11.1 Å². The zero-order valence-electron chi connectivity index (χ0n) is 13.7. The summed E-state index contributed by atoms with van der Waals surface area (Å²) in [4.78, 5) is 28.1. The Hall–Kier alpha value is -3.27. The number of rotatable bonds is 5. The van der Waals surface area contributed by atoms with Gasteiger partial charge in [-0.3, -0.25) is 14.2 Å². The zero-order chi connectivity index (χ0) is 18.0. The normalized spacial score (nSPS) is 15.7. The Morgan fingerprint density at radius 2 is 2.12 bits per heavy atom. The molecule has 0 aliphatic heterocycles. The first kappa shape index (κ1) is 16.6. The fourth-order valence-electron chi connectivity index (χ4n) is 2.81. The second-order valence-corrected chi connectivity index (χ2v) is 6.12. The van der Waals surface area contributed by atoms with Crippen molar-refractivity contribution < 1.29 is 4.79 Å². The lowest BCUT2D eigenvalue weighted by Crippen LogP contribution is -2.35. The van der Waals surface area contributed by atoms with Gasteiger partial charge in [-0.2, -0.15) is 5.26 Å². The van der Waals surface area contributed by atoms with E-state index in [9.17, 15) is 9.59 Å². The van der Waals surface area contributed by atoms with Crippen LogP contribution in [0.2, 0.25) is 0 Å². The molecule has 1 aromatic heterocycles. The van der Waals surface area contributed by atoms with Crippen LogP contribution in [0.3, 0.4) is 0 Å². The quantitative estimate of drug-likeness (QED) is 0.811. The molecular weight excluding hydrogens is 318 g/mol. The number of carbonyl (C=O) groups excluding carboxylic acids is 1. The summed E-state index contributed by atoms with van der Waals surface area (Å²) in [6.45, 7) is 1.64. The molecule has 1 atom stereocenters. The standard InChI is InChI=1S/C18H17N5O2/c1-12(8-19)23-11-21-10-15(17(23)25)13-2-4-14(5-3-13)18(6-7-18)22-16(24)9-20/h2-5,9-12,20H,6-7H2,1H3,(H,22,24). The van der Waals surface area contributed by atoms with Crippen molar-refractivity contribution >= 4 is 12.1 Å². The maximum atomic E-state index is 12.5. The number of nitriles is 1. The minimum absolute atomic E-state index is 0.268. The molecule has 1 unspecified atom stereocenters. The summed E-state index contributed by atoms with van der Waals surface area (Å²) >= 11 is 0. The monoisotopic (exact) mass is 335 g/mol. The number of nitrogens with one attached hydrogen (secondary N) is 2. The third-order valence-corrected chi connectivity index (χ3v) is 4.46. The number of nitrogens with zero attached hydrogens (tertiary/aromatic N) is 3. The molecule has 1 aliphatic rings. The minimum Gasteiger partial charge on any atom is -0.342 e. The number of hydrogen-bond acceptors (Lipinski definition) is 5. The van der Waals surface area contributed by atoms with Crippen LogP contribution in [0.4, 0.5) is 0 Å². The fraction of sp³-hybridized carbons (Fsp3) is 0.278. The average molecular weight is 335 g/mol. The van der Waals surface area contributed by atoms with Crippen LogP contribution in [0.5, 0.6) is 0 Å². The Balaban J connectivity index is 1.92. The van der Waals surface area contributed by atoms with Gasteiger partial charge in [-0.05, 0) is 30.9 Å². The minimum atomic E-state index is -0.592. The Morgan fingerprint density at radius 1 is 1.44 bits per heavy atom. The number of carbonyl (C=O) groups is 1. The molecule has 3 rings (SSSR count). The topological polar surface area (TPSA) is 112 Å². The molecule has 126 valence electrons. The third kappa shape index (κ3) is 3.06. The molecule has 2 aromatic rings. The van der Waals surface area contributed by atoms with Crippen LogP contribution in [0.15, 0.2) is 41.6 Å². The van der Waals surface area contributed by atoms with Crippen LogP contribution in [-0.2, 0) is 10.3 Å². The first-order valence-corrected chi connectivity index (χ1v) is 7.90. The Bertz CT molecular complexity index is 920. The second kappa shape index (κ2) is 6.32. The smallest absolute Gasteiger partial charge is 0.262 e. The van der Waals surface area contributed by atoms with Crippen LogP contribution in [-0.4, -0.2) is 21.7 Å². The highest BCUT2D eigenvalue weighted by molar-refractivity contribution is 6.25. The zero-order valence-corrected chi connectivity index (χ0v) is 13.7. The summed E-state index contributed by atoms with van der Waals surface area (Å²) in [6.07, 6.45) is 5.27. The molecule has 0 saturated heterocycles. The predicted octanol–water partition coefficient (Wildman–Crippen LogP) is 1.75. The summed E-state index contributed by atoms with van der Waals surface area (Å²) in [5.41, 5.74) is 1.40. The van der Waals surface area contributed by atoms with Gasteiger partial charge in [0, 0.05) is 6.20 Å². The summed E-state index contributed by atoms with van der Waals surface area (Å²) in [6, 6.07) is 8.80. The Labute approximate surface area is 144 Å². The molecule has 1 aromatic carbocycles. The van der Waals surface area contributed by atoms with Gasteiger partial charge in [-0.1, -0.05) is 24.3 Å². The van der Waals surface area contributed by atoms with Crippen LogP contribution in [0.25, 0.3) is 11.1 Å². The van der Waals surface area contributed by atoms with E-state index < -0.39 is 17.5 Å². The number of benzene rings is 1. The molecular formula is C18H17N5O2. The average Bonchev–Trinajstić information content (AvgIpc) is 3.42. The van der Waals surface area contributed by atoms with Crippen LogP contribution >= 0.6 is 0 Å². The third-order valence-electron chi connectivity index (χ3n) is 4.46. The first-order valence-electron chi connectivity index (χ1n) is 7.90. The summed E-state index contributed by atoms with van der Waals surface area (Å²) in [5, 5.41) is 18.9. The highest BCUT2D eigenvalue weighted by Gasteiger charge is 2.45.